The molecule has 0 N–H and O–H groups in total. The van der Waals surface area contributed by atoms with Gasteiger partial charge in [0.05, 0.1) is 7.11 Å². The fourth-order valence-electron chi connectivity index (χ4n) is 1.31. The highest BCUT2D eigenvalue weighted by atomic mass is 16.5. The molecule has 1 heterocycles. The maximum atomic E-state index is 11.3. The summed E-state index contributed by atoms with van der Waals surface area (Å²) in [7, 11) is 3.18. The highest BCUT2D eigenvalue weighted by Gasteiger charge is 2.07. The lowest BCUT2D eigenvalue weighted by Crippen LogP contribution is -2.26. The van der Waals surface area contributed by atoms with Gasteiger partial charge in [-0.1, -0.05) is 0 Å². The summed E-state index contributed by atoms with van der Waals surface area (Å²) in [6.07, 6.45) is 0. The van der Waals surface area contributed by atoms with Gasteiger partial charge in [0, 0.05) is 20.0 Å². The van der Waals surface area contributed by atoms with Gasteiger partial charge in [0.15, 0.2) is 0 Å². The summed E-state index contributed by atoms with van der Waals surface area (Å²) in [5.74, 6) is 0.403. The lowest BCUT2D eigenvalue weighted by atomic mass is 10.3. The van der Waals surface area contributed by atoms with Crippen LogP contribution in [-0.4, -0.2) is 24.6 Å². The monoisotopic (exact) mass is 194 g/mol. The van der Waals surface area contributed by atoms with Gasteiger partial charge in [0.1, 0.15) is 5.49 Å². The highest BCUT2D eigenvalue weighted by Crippen LogP contribution is 2.09. The molecule has 0 aliphatic heterocycles. The van der Waals surface area contributed by atoms with Crippen LogP contribution in [0.3, 0.4) is 0 Å². The van der Waals surface area contributed by atoms with E-state index in [9.17, 15) is 4.79 Å². The molecule has 4 nitrogen and oxygen atoms in total. The Hall–Kier alpha value is -1.58. The highest BCUT2D eigenvalue weighted by molar-refractivity contribution is 5.77. The van der Waals surface area contributed by atoms with E-state index >= 15 is 0 Å². The smallest absolute Gasteiger partial charge is 0.231 e. The molecule has 0 aromatic carbocycles. The van der Waals surface area contributed by atoms with Gasteiger partial charge in [-0.05, 0) is 18.6 Å². The third kappa shape index (κ3) is 1.84. The lowest BCUT2D eigenvalue weighted by molar-refractivity contribution is 0.0920. The van der Waals surface area contributed by atoms with Crippen LogP contribution >= 0.6 is 0 Å². The third-order valence-electron chi connectivity index (χ3n) is 1.91. The van der Waals surface area contributed by atoms with Crippen molar-refractivity contribution in [3.63, 3.8) is 0 Å². The van der Waals surface area contributed by atoms with E-state index in [2.05, 4.69) is 4.99 Å². The van der Waals surface area contributed by atoms with Gasteiger partial charge >= 0.3 is 0 Å². The zero-order chi connectivity index (χ0) is 10.7. The van der Waals surface area contributed by atoms with Crippen molar-refractivity contribution < 1.29 is 9.53 Å². The standard InChI is InChI=1S/C10H14N2O2/c1-7-5-9(11-3)12(8(2)13)10(6-7)14-4/h5-6H,1-4H3. The summed E-state index contributed by atoms with van der Waals surface area (Å²) >= 11 is 0. The molecule has 0 aliphatic carbocycles. The number of rotatable bonds is 1. The molecule has 0 amide bonds. The molecule has 0 radical (unpaired) electrons. The molecule has 76 valence electrons. The van der Waals surface area contributed by atoms with Crippen LogP contribution in [0.1, 0.15) is 17.3 Å². The van der Waals surface area contributed by atoms with Crippen LogP contribution in [0.5, 0.6) is 5.88 Å². The summed E-state index contributed by atoms with van der Waals surface area (Å²) in [5.41, 5.74) is 1.62. The van der Waals surface area contributed by atoms with Crippen LogP contribution < -0.4 is 10.2 Å². The molecule has 4 heteroatoms. The van der Waals surface area contributed by atoms with Crippen LogP contribution in [0.4, 0.5) is 0 Å². The minimum Gasteiger partial charge on any atom is -0.482 e. The van der Waals surface area contributed by atoms with E-state index in [1.165, 1.54) is 18.6 Å². The van der Waals surface area contributed by atoms with Gasteiger partial charge in [0.2, 0.25) is 11.8 Å². The number of nitrogens with zero attached hydrogens (tertiary/aromatic N) is 2. The minimum atomic E-state index is -0.109. The van der Waals surface area contributed by atoms with Crippen molar-refractivity contribution in [3.8, 4) is 5.88 Å². The van der Waals surface area contributed by atoms with Crippen molar-refractivity contribution in [1.82, 2.24) is 4.57 Å². The van der Waals surface area contributed by atoms with Gasteiger partial charge in [-0.3, -0.25) is 9.79 Å². The molecule has 1 rings (SSSR count). The largest absolute Gasteiger partial charge is 0.482 e. The first-order chi connectivity index (χ1) is 6.60. The van der Waals surface area contributed by atoms with Crippen LogP contribution in [0.2, 0.25) is 0 Å². The number of carbonyl (C=O) groups excluding carboxylic acids is 1. The Morgan fingerprint density at radius 3 is 2.57 bits per heavy atom. The van der Waals surface area contributed by atoms with E-state index in [4.69, 9.17) is 4.74 Å². The topological polar surface area (TPSA) is 43.6 Å². The molecule has 0 atom stereocenters. The second kappa shape index (κ2) is 4.09. The SMILES string of the molecule is CN=c1cc(C)cc(OC)n1C(C)=O. The first-order valence-electron chi connectivity index (χ1n) is 4.31. The molecule has 14 heavy (non-hydrogen) atoms. The molecular weight excluding hydrogens is 180 g/mol. The zero-order valence-electron chi connectivity index (χ0n) is 8.87. The molecule has 0 fully saturated rings. The normalized spacial score (nSPS) is 11.6. The molecule has 0 spiro atoms. The summed E-state index contributed by atoms with van der Waals surface area (Å²) in [6.45, 7) is 3.41. The zero-order valence-corrected chi connectivity index (χ0v) is 8.87. The van der Waals surface area contributed by atoms with E-state index in [-0.39, 0.29) is 5.91 Å². The van der Waals surface area contributed by atoms with Crippen molar-refractivity contribution in [2.24, 2.45) is 4.99 Å². The molecule has 0 saturated carbocycles. The van der Waals surface area contributed by atoms with E-state index in [1.54, 1.807) is 13.1 Å². The van der Waals surface area contributed by atoms with Gasteiger partial charge in [-0.15, -0.1) is 0 Å². The summed E-state index contributed by atoms with van der Waals surface area (Å²) < 4.78 is 6.55. The molecule has 0 unspecified atom stereocenters. The molecule has 0 aliphatic rings. The molecule has 0 bridgehead atoms. The summed E-state index contributed by atoms with van der Waals surface area (Å²) in [5, 5.41) is 0. The van der Waals surface area contributed by atoms with Crippen LogP contribution in [0, 0.1) is 6.92 Å². The average Bonchev–Trinajstić information content (AvgIpc) is 2.15. The minimum absolute atomic E-state index is 0.109. The predicted molar refractivity (Wildman–Crippen MR) is 53.5 cm³/mol. The number of carbonyl (C=O) groups is 1. The number of aromatic nitrogens is 1. The number of hydrogen-bond donors (Lipinski definition) is 0. The van der Waals surface area contributed by atoms with E-state index in [0.29, 0.717) is 11.4 Å². The van der Waals surface area contributed by atoms with E-state index < -0.39 is 0 Å². The van der Waals surface area contributed by atoms with Crippen molar-refractivity contribution in [3.05, 3.63) is 23.2 Å². The number of aryl methyl sites for hydroxylation is 1. The Bertz CT molecular complexity index is 419. The van der Waals surface area contributed by atoms with Gasteiger partial charge < -0.3 is 4.74 Å². The van der Waals surface area contributed by atoms with Gasteiger partial charge in [-0.2, -0.15) is 0 Å². The van der Waals surface area contributed by atoms with Crippen molar-refractivity contribution in [1.29, 1.82) is 0 Å². The van der Waals surface area contributed by atoms with Crippen LogP contribution in [0.15, 0.2) is 17.1 Å². The van der Waals surface area contributed by atoms with E-state index in [1.807, 2.05) is 13.0 Å². The second-order valence-electron chi connectivity index (χ2n) is 3.01. The number of pyridine rings is 1. The summed E-state index contributed by atoms with van der Waals surface area (Å²) in [6, 6.07) is 3.64. The first-order valence-corrected chi connectivity index (χ1v) is 4.31. The number of hydrogen-bond acceptors (Lipinski definition) is 3. The lowest BCUT2D eigenvalue weighted by Gasteiger charge is -2.10. The molecule has 1 aromatic heterocycles. The quantitative estimate of drug-likeness (QED) is 0.669. The predicted octanol–water partition coefficient (Wildman–Crippen LogP) is 0.996. The Balaban J connectivity index is 3.58. The Labute approximate surface area is 82.9 Å². The fraction of sp³-hybridized carbons (Fsp3) is 0.400. The Morgan fingerprint density at radius 1 is 1.50 bits per heavy atom. The van der Waals surface area contributed by atoms with E-state index in [0.717, 1.165) is 5.56 Å². The average molecular weight is 194 g/mol. The molecular formula is C10H14N2O2. The maximum Gasteiger partial charge on any atom is 0.231 e. The van der Waals surface area contributed by atoms with Crippen molar-refractivity contribution in [2.45, 2.75) is 13.8 Å². The number of methoxy groups -OCH3 is 1. The van der Waals surface area contributed by atoms with Crippen molar-refractivity contribution in [2.75, 3.05) is 14.2 Å². The summed E-state index contributed by atoms with van der Waals surface area (Å²) in [4.78, 5) is 15.4. The number of ether oxygens (including phenoxy) is 1. The third-order valence-corrected chi connectivity index (χ3v) is 1.91. The second-order valence-corrected chi connectivity index (χ2v) is 3.01. The van der Waals surface area contributed by atoms with Gasteiger partial charge in [0.25, 0.3) is 0 Å². The van der Waals surface area contributed by atoms with Gasteiger partial charge in [-0.25, -0.2) is 4.57 Å². The fourth-order valence-corrected chi connectivity index (χ4v) is 1.31. The van der Waals surface area contributed by atoms with Crippen LogP contribution in [-0.2, 0) is 0 Å². The molecule has 1 aromatic rings. The van der Waals surface area contributed by atoms with Crippen molar-refractivity contribution >= 4 is 5.91 Å². The van der Waals surface area contributed by atoms with Crippen LogP contribution in [0.25, 0.3) is 0 Å². The maximum absolute atomic E-state index is 11.3. The first kappa shape index (κ1) is 10.5. The Kier molecular flexibility index (Phi) is 3.06. The Morgan fingerprint density at radius 2 is 2.14 bits per heavy atom. The molecule has 0 saturated heterocycles.